The highest BCUT2D eigenvalue weighted by molar-refractivity contribution is 6.21. The molecule has 268 valence electrons. The molecule has 0 N–H and O–H groups in total. The molecule has 11 rings (SSSR count). The second-order valence-corrected chi connectivity index (χ2v) is 15.1. The lowest BCUT2D eigenvalue weighted by atomic mass is 9.84. The summed E-state index contributed by atoms with van der Waals surface area (Å²) in [6.07, 6.45) is -0.0774. The van der Waals surface area contributed by atoms with E-state index in [1.807, 2.05) is 0 Å². The van der Waals surface area contributed by atoms with Gasteiger partial charge in [0.25, 0.3) is 0 Å². The summed E-state index contributed by atoms with van der Waals surface area (Å²) in [5.74, 6) is 1.06. The molecule has 0 aromatic heterocycles. The molecule has 2 atom stereocenters. The van der Waals surface area contributed by atoms with Crippen molar-refractivity contribution in [2.24, 2.45) is 0 Å². The average Bonchev–Trinajstić information content (AvgIpc) is 3.68. The third kappa shape index (κ3) is 5.71. The van der Waals surface area contributed by atoms with E-state index in [-0.39, 0.29) is 12.0 Å². The van der Waals surface area contributed by atoms with E-state index in [0.29, 0.717) is 0 Å². The number of rotatable bonds is 6. The van der Waals surface area contributed by atoms with E-state index in [4.69, 9.17) is 4.74 Å². The van der Waals surface area contributed by atoms with Gasteiger partial charge in [0, 0.05) is 5.56 Å². The van der Waals surface area contributed by atoms with Crippen LogP contribution in [-0.4, -0.2) is 0 Å². The Morgan fingerprint density at radius 3 is 1.51 bits per heavy atom. The second kappa shape index (κ2) is 13.8. The predicted octanol–water partition coefficient (Wildman–Crippen LogP) is 15.1. The van der Waals surface area contributed by atoms with Gasteiger partial charge in [-0.15, -0.1) is 0 Å². The first-order valence-electron chi connectivity index (χ1n) is 19.8. The molecule has 0 saturated heterocycles. The summed E-state index contributed by atoms with van der Waals surface area (Å²) in [5, 5.41) is 7.53. The van der Waals surface area contributed by atoms with Crippen molar-refractivity contribution in [1.82, 2.24) is 0 Å². The lowest BCUT2D eigenvalue weighted by Crippen LogP contribution is -2.11. The van der Waals surface area contributed by atoms with Gasteiger partial charge in [-0.25, -0.2) is 0 Å². The zero-order valence-electron chi connectivity index (χ0n) is 31.3. The lowest BCUT2D eigenvalue weighted by molar-refractivity contribution is 0.222. The van der Waals surface area contributed by atoms with E-state index >= 15 is 0 Å². The minimum absolute atomic E-state index is 0.0774. The van der Waals surface area contributed by atoms with Crippen molar-refractivity contribution in [3.63, 3.8) is 0 Å². The van der Waals surface area contributed by atoms with E-state index in [0.717, 1.165) is 5.75 Å². The van der Waals surface area contributed by atoms with Crippen molar-refractivity contribution >= 4 is 32.3 Å². The highest BCUT2D eigenvalue weighted by Gasteiger charge is 2.36. The van der Waals surface area contributed by atoms with Gasteiger partial charge >= 0.3 is 0 Å². The molecular weight excluding hydrogens is 689 g/mol. The summed E-state index contributed by atoms with van der Waals surface area (Å²) in [5.41, 5.74) is 13.5. The van der Waals surface area contributed by atoms with E-state index in [1.165, 1.54) is 93.5 Å². The topological polar surface area (TPSA) is 9.23 Å². The van der Waals surface area contributed by atoms with Gasteiger partial charge in [0.15, 0.2) is 0 Å². The molecular formula is C56H38O. The molecule has 0 aliphatic carbocycles. The first kappa shape index (κ1) is 33.1. The number of benzene rings is 10. The molecule has 57 heavy (non-hydrogen) atoms. The summed E-state index contributed by atoms with van der Waals surface area (Å²) >= 11 is 0. The standard InChI is InChI=1S/C56H38O/c1-3-16-39(17-4-1)55-51-36-42(33-34-52(51)57-56(55)41-18-5-2-6-19-41)37-29-31-40(32-30-37)53-47-24-9-11-26-49(47)54(50-27-12-10-25-48(50)53)44-22-13-21-43(35-44)46-28-14-20-38-15-7-8-23-45(38)46/h1-36,55-56H. The molecule has 0 radical (unpaired) electrons. The van der Waals surface area contributed by atoms with Crippen LogP contribution < -0.4 is 4.74 Å². The van der Waals surface area contributed by atoms with Crippen LogP contribution >= 0.6 is 0 Å². The fourth-order valence-corrected chi connectivity index (χ4v) is 9.26. The van der Waals surface area contributed by atoms with Crippen LogP contribution in [0.4, 0.5) is 0 Å². The van der Waals surface area contributed by atoms with Gasteiger partial charge in [0.1, 0.15) is 11.9 Å². The highest BCUT2D eigenvalue weighted by Crippen LogP contribution is 2.51. The van der Waals surface area contributed by atoms with E-state index in [1.54, 1.807) is 0 Å². The van der Waals surface area contributed by atoms with Crippen molar-refractivity contribution in [1.29, 1.82) is 0 Å². The Bertz CT molecular complexity index is 3030. The van der Waals surface area contributed by atoms with Gasteiger partial charge in [0.2, 0.25) is 0 Å². The molecule has 0 bridgehead atoms. The highest BCUT2D eigenvalue weighted by atomic mass is 16.5. The quantitative estimate of drug-likeness (QED) is 0.155. The molecule has 0 saturated carbocycles. The van der Waals surface area contributed by atoms with E-state index in [9.17, 15) is 0 Å². The normalized spacial score (nSPS) is 14.8. The van der Waals surface area contributed by atoms with E-state index < -0.39 is 0 Å². The molecule has 1 heterocycles. The number of fused-ring (bicyclic) bond motifs is 4. The smallest absolute Gasteiger partial charge is 0.135 e. The SMILES string of the molecule is c1ccc(C2Oc3ccc(-c4ccc(-c5c6ccccc6c(-c6cccc(-c7cccc8ccccc78)c6)c6ccccc56)cc4)cc3C2c2ccccc2)cc1. The van der Waals surface area contributed by atoms with Gasteiger partial charge in [0.05, 0.1) is 5.92 Å². The van der Waals surface area contributed by atoms with Gasteiger partial charge in [-0.1, -0.05) is 200 Å². The van der Waals surface area contributed by atoms with Crippen LogP contribution in [0, 0.1) is 0 Å². The van der Waals surface area contributed by atoms with Crippen LogP contribution in [0.2, 0.25) is 0 Å². The fourth-order valence-electron chi connectivity index (χ4n) is 9.26. The molecule has 0 amide bonds. The average molecular weight is 727 g/mol. The van der Waals surface area contributed by atoms with Crippen LogP contribution in [0.25, 0.3) is 76.8 Å². The Morgan fingerprint density at radius 2 is 0.825 bits per heavy atom. The Kier molecular flexibility index (Phi) is 8.03. The number of hydrogen-bond donors (Lipinski definition) is 0. The van der Waals surface area contributed by atoms with Crippen LogP contribution in [-0.2, 0) is 0 Å². The molecule has 10 aromatic rings. The third-order valence-corrected chi connectivity index (χ3v) is 11.9. The molecule has 1 aliphatic rings. The summed E-state index contributed by atoms with van der Waals surface area (Å²) < 4.78 is 6.70. The Morgan fingerprint density at radius 1 is 0.316 bits per heavy atom. The van der Waals surface area contributed by atoms with Gasteiger partial charge in [-0.2, -0.15) is 0 Å². The number of ether oxygens (including phenoxy) is 1. The molecule has 0 spiro atoms. The van der Waals surface area contributed by atoms with Crippen LogP contribution in [0.15, 0.2) is 218 Å². The van der Waals surface area contributed by atoms with Crippen molar-refractivity contribution < 1.29 is 4.74 Å². The van der Waals surface area contributed by atoms with E-state index in [2.05, 4.69) is 218 Å². The zero-order valence-corrected chi connectivity index (χ0v) is 31.3. The fraction of sp³-hybridized carbons (Fsp3) is 0.0357. The first-order chi connectivity index (χ1) is 28.3. The molecule has 1 aliphatic heterocycles. The number of hydrogen-bond acceptors (Lipinski definition) is 1. The van der Waals surface area contributed by atoms with Crippen LogP contribution in [0.5, 0.6) is 5.75 Å². The molecule has 2 unspecified atom stereocenters. The maximum Gasteiger partial charge on any atom is 0.135 e. The molecule has 1 nitrogen and oxygen atoms in total. The Balaban J connectivity index is 1.01. The van der Waals surface area contributed by atoms with Crippen LogP contribution in [0.1, 0.15) is 28.7 Å². The minimum atomic E-state index is -0.0774. The van der Waals surface area contributed by atoms with Crippen molar-refractivity contribution in [3.8, 4) is 50.3 Å². The maximum absolute atomic E-state index is 6.70. The van der Waals surface area contributed by atoms with Crippen molar-refractivity contribution in [3.05, 3.63) is 235 Å². The summed E-state index contributed by atoms with van der Waals surface area (Å²) in [6, 6.07) is 79.5. The third-order valence-electron chi connectivity index (χ3n) is 11.9. The minimum Gasteiger partial charge on any atom is -0.484 e. The first-order valence-corrected chi connectivity index (χ1v) is 19.8. The second-order valence-electron chi connectivity index (χ2n) is 15.1. The summed E-state index contributed by atoms with van der Waals surface area (Å²) in [6.45, 7) is 0. The molecule has 1 heteroatoms. The molecule has 10 aromatic carbocycles. The Labute approximate surface area is 333 Å². The maximum atomic E-state index is 6.70. The lowest BCUT2D eigenvalue weighted by Gasteiger charge is -2.20. The molecule has 0 fully saturated rings. The van der Waals surface area contributed by atoms with Gasteiger partial charge in [-0.05, 0) is 106 Å². The zero-order chi connectivity index (χ0) is 37.7. The van der Waals surface area contributed by atoms with Crippen molar-refractivity contribution in [2.45, 2.75) is 12.0 Å². The monoisotopic (exact) mass is 726 g/mol. The summed E-state index contributed by atoms with van der Waals surface area (Å²) in [7, 11) is 0. The van der Waals surface area contributed by atoms with Gasteiger partial charge in [-0.3, -0.25) is 0 Å². The van der Waals surface area contributed by atoms with Gasteiger partial charge < -0.3 is 4.74 Å². The van der Waals surface area contributed by atoms with Crippen molar-refractivity contribution in [2.75, 3.05) is 0 Å². The predicted molar refractivity (Wildman–Crippen MR) is 239 cm³/mol. The summed E-state index contributed by atoms with van der Waals surface area (Å²) in [4.78, 5) is 0. The largest absolute Gasteiger partial charge is 0.484 e. The Hall–Kier alpha value is -7.22. The van der Waals surface area contributed by atoms with Crippen LogP contribution in [0.3, 0.4) is 0 Å².